The fraction of sp³-hybridized carbons (Fsp3) is 0.500. The molecule has 4 heteroatoms. The highest BCUT2D eigenvalue weighted by Gasteiger charge is 2.14. The van der Waals surface area contributed by atoms with E-state index in [4.69, 9.17) is 4.74 Å². The van der Waals surface area contributed by atoms with Gasteiger partial charge in [0.2, 0.25) is 0 Å². The second kappa shape index (κ2) is 7.68. The SMILES string of the molecule is CCOC(=N[C@H](C)C(C)C)NC(=O)c1ccccc1C. The van der Waals surface area contributed by atoms with Crippen molar-refractivity contribution in [1.82, 2.24) is 5.32 Å². The normalized spacial score (nSPS) is 13.2. The van der Waals surface area contributed by atoms with Gasteiger partial charge in [0.05, 0.1) is 12.6 Å². The van der Waals surface area contributed by atoms with Crippen molar-refractivity contribution in [2.24, 2.45) is 10.9 Å². The molecule has 1 amide bonds. The van der Waals surface area contributed by atoms with Gasteiger partial charge in [0.25, 0.3) is 11.9 Å². The van der Waals surface area contributed by atoms with Gasteiger partial charge in [0.1, 0.15) is 0 Å². The number of ether oxygens (including phenoxy) is 1. The van der Waals surface area contributed by atoms with Crippen LogP contribution in [0.15, 0.2) is 29.3 Å². The molecule has 0 bridgehead atoms. The van der Waals surface area contributed by atoms with E-state index in [1.807, 2.05) is 39.0 Å². The maximum atomic E-state index is 12.2. The molecule has 1 aromatic rings. The van der Waals surface area contributed by atoms with E-state index < -0.39 is 0 Å². The third-order valence-corrected chi connectivity index (χ3v) is 3.18. The first-order chi connectivity index (χ1) is 9.45. The minimum Gasteiger partial charge on any atom is -0.465 e. The Morgan fingerprint density at radius 3 is 2.50 bits per heavy atom. The molecule has 0 heterocycles. The van der Waals surface area contributed by atoms with E-state index in [-0.39, 0.29) is 11.9 Å². The minimum absolute atomic E-state index is 0.0914. The van der Waals surface area contributed by atoms with Crippen LogP contribution in [0.1, 0.15) is 43.6 Å². The largest absolute Gasteiger partial charge is 0.465 e. The number of hydrogen-bond donors (Lipinski definition) is 1. The third kappa shape index (κ3) is 4.68. The van der Waals surface area contributed by atoms with Crippen LogP contribution in [0, 0.1) is 12.8 Å². The smallest absolute Gasteiger partial charge is 0.291 e. The number of carbonyl (C=O) groups excluding carboxylic acids is 1. The molecule has 0 radical (unpaired) electrons. The van der Waals surface area contributed by atoms with E-state index in [2.05, 4.69) is 24.2 Å². The zero-order valence-corrected chi connectivity index (χ0v) is 12.9. The average Bonchev–Trinajstić information content (AvgIpc) is 2.39. The van der Waals surface area contributed by atoms with Crippen molar-refractivity contribution in [2.45, 2.75) is 40.7 Å². The van der Waals surface area contributed by atoms with Gasteiger partial charge in [-0.1, -0.05) is 32.0 Å². The molecule has 0 saturated carbocycles. The fourth-order valence-corrected chi connectivity index (χ4v) is 1.57. The molecule has 0 aliphatic heterocycles. The highest BCUT2D eigenvalue weighted by molar-refractivity contribution is 6.04. The van der Waals surface area contributed by atoms with Gasteiger partial charge in [0.15, 0.2) is 0 Å². The Morgan fingerprint density at radius 1 is 1.30 bits per heavy atom. The molecule has 0 saturated heterocycles. The van der Waals surface area contributed by atoms with Crippen LogP contribution in [-0.4, -0.2) is 24.6 Å². The fourth-order valence-electron chi connectivity index (χ4n) is 1.57. The number of aryl methyl sites for hydroxylation is 1. The number of nitrogens with zero attached hydrogens (tertiary/aromatic N) is 1. The summed E-state index contributed by atoms with van der Waals surface area (Å²) in [6.45, 7) is 10.4. The van der Waals surface area contributed by atoms with Crippen LogP contribution in [0.25, 0.3) is 0 Å². The number of rotatable bonds is 4. The number of hydrogen-bond acceptors (Lipinski definition) is 3. The van der Waals surface area contributed by atoms with Crippen molar-refractivity contribution in [3.63, 3.8) is 0 Å². The quantitative estimate of drug-likeness (QED) is 0.678. The maximum absolute atomic E-state index is 12.2. The Kier molecular flexibility index (Phi) is 6.22. The predicted molar refractivity (Wildman–Crippen MR) is 82.0 cm³/mol. The van der Waals surface area contributed by atoms with Gasteiger partial charge in [-0.15, -0.1) is 0 Å². The van der Waals surface area contributed by atoms with Crippen molar-refractivity contribution < 1.29 is 9.53 Å². The van der Waals surface area contributed by atoms with Crippen LogP contribution >= 0.6 is 0 Å². The summed E-state index contributed by atoms with van der Waals surface area (Å²) in [5.41, 5.74) is 1.56. The zero-order chi connectivity index (χ0) is 15.1. The summed E-state index contributed by atoms with van der Waals surface area (Å²) in [4.78, 5) is 16.7. The van der Waals surface area contributed by atoms with Gasteiger partial charge in [-0.05, 0) is 38.3 Å². The van der Waals surface area contributed by atoms with E-state index in [1.54, 1.807) is 6.07 Å². The van der Waals surface area contributed by atoms with Crippen molar-refractivity contribution in [2.75, 3.05) is 6.61 Å². The van der Waals surface area contributed by atoms with Crippen LogP contribution in [0.4, 0.5) is 0 Å². The van der Waals surface area contributed by atoms with Crippen LogP contribution in [0.2, 0.25) is 0 Å². The monoisotopic (exact) mass is 276 g/mol. The molecule has 0 spiro atoms. The molecule has 0 aliphatic rings. The van der Waals surface area contributed by atoms with Gasteiger partial charge in [0, 0.05) is 5.56 Å². The van der Waals surface area contributed by atoms with Gasteiger partial charge < -0.3 is 4.74 Å². The Labute approximate surface area is 121 Å². The zero-order valence-electron chi connectivity index (χ0n) is 12.9. The molecule has 0 aliphatic carbocycles. The van der Waals surface area contributed by atoms with E-state index in [0.29, 0.717) is 24.1 Å². The van der Waals surface area contributed by atoms with Crippen LogP contribution in [0.3, 0.4) is 0 Å². The molecule has 20 heavy (non-hydrogen) atoms. The lowest BCUT2D eigenvalue weighted by atomic mass is 10.1. The van der Waals surface area contributed by atoms with Crippen molar-refractivity contribution in [3.05, 3.63) is 35.4 Å². The van der Waals surface area contributed by atoms with Gasteiger partial charge in [-0.25, -0.2) is 4.99 Å². The van der Waals surface area contributed by atoms with E-state index >= 15 is 0 Å². The summed E-state index contributed by atoms with van der Waals surface area (Å²) in [6.07, 6.45) is 0. The first-order valence-corrected chi connectivity index (χ1v) is 7.03. The van der Waals surface area contributed by atoms with Gasteiger partial charge in [-0.2, -0.15) is 0 Å². The molecule has 0 fully saturated rings. The molecule has 0 unspecified atom stereocenters. The first kappa shape index (κ1) is 16.2. The van der Waals surface area contributed by atoms with E-state index in [0.717, 1.165) is 5.56 Å². The molecular formula is C16H24N2O2. The summed E-state index contributed by atoms with van der Waals surface area (Å²) in [5, 5.41) is 2.75. The molecule has 1 rings (SSSR count). The van der Waals surface area contributed by atoms with Gasteiger partial charge >= 0.3 is 0 Å². The van der Waals surface area contributed by atoms with E-state index in [1.165, 1.54) is 0 Å². The summed E-state index contributed by atoms with van der Waals surface area (Å²) in [5.74, 6) is 0.201. The molecule has 1 N–H and O–H groups in total. The number of nitrogens with one attached hydrogen (secondary N) is 1. The van der Waals surface area contributed by atoms with Gasteiger partial charge in [-0.3, -0.25) is 10.1 Å². The topological polar surface area (TPSA) is 50.7 Å². The number of carbonyl (C=O) groups is 1. The molecule has 4 nitrogen and oxygen atoms in total. The summed E-state index contributed by atoms with van der Waals surface area (Å²) < 4.78 is 5.41. The second-order valence-electron chi connectivity index (χ2n) is 5.12. The molecule has 1 aromatic carbocycles. The van der Waals surface area contributed by atoms with Crippen molar-refractivity contribution in [3.8, 4) is 0 Å². The highest BCUT2D eigenvalue weighted by Crippen LogP contribution is 2.08. The predicted octanol–water partition coefficient (Wildman–Crippen LogP) is 3.16. The number of amidine groups is 1. The lowest BCUT2D eigenvalue weighted by Gasteiger charge is -2.15. The Morgan fingerprint density at radius 2 is 1.95 bits per heavy atom. The Hall–Kier alpha value is -1.84. The summed E-state index contributed by atoms with van der Waals surface area (Å²) in [7, 11) is 0. The van der Waals surface area contributed by atoms with Crippen molar-refractivity contribution in [1.29, 1.82) is 0 Å². The minimum atomic E-state index is -0.189. The highest BCUT2D eigenvalue weighted by atomic mass is 16.5. The maximum Gasteiger partial charge on any atom is 0.291 e. The Balaban J connectivity index is 2.86. The Bertz CT molecular complexity index is 481. The lowest BCUT2D eigenvalue weighted by molar-refractivity contribution is 0.0965. The number of aliphatic imine (C=N–C) groups is 1. The molecular weight excluding hydrogens is 252 g/mol. The molecule has 110 valence electrons. The number of benzene rings is 1. The van der Waals surface area contributed by atoms with Crippen LogP contribution < -0.4 is 5.32 Å². The van der Waals surface area contributed by atoms with Crippen LogP contribution in [-0.2, 0) is 4.74 Å². The van der Waals surface area contributed by atoms with Crippen molar-refractivity contribution >= 4 is 11.9 Å². The summed E-state index contributed by atoms with van der Waals surface area (Å²) >= 11 is 0. The second-order valence-corrected chi connectivity index (χ2v) is 5.12. The van der Waals surface area contributed by atoms with Crippen LogP contribution in [0.5, 0.6) is 0 Å². The lowest BCUT2D eigenvalue weighted by Crippen LogP contribution is -2.34. The average molecular weight is 276 g/mol. The standard InChI is InChI=1S/C16H24N2O2/c1-6-20-16(17-13(5)11(2)3)18-15(19)14-10-8-7-9-12(14)4/h7-11,13H,6H2,1-5H3,(H,17,18,19)/t13-/m1/s1. The molecule has 1 atom stereocenters. The first-order valence-electron chi connectivity index (χ1n) is 7.03. The molecule has 0 aromatic heterocycles. The number of amides is 1. The summed E-state index contributed by atoms with van der Waals surface area (Å²) in [6, 6.07) is 7.83. The van der Waals surface area contributed by atoms with E-state index in [9.17, 15) is 4.79 Å². The third-order valence-electron chi connectivity index (χ3n) is 3.18.